The molecule has 0 fully saturated rings. The Morgan fingerprint density at radius 2 is 2.62 bits per heavy atom. The molecule has 0 spiro atoms. The van der Waals surface area contributed by atoms with Crippen molar-refractivity contribution >= 4 is 22.9 Å². The second-order valence-electron chi connectivity index (χ2n) is 1.07. The quantitative estimate of drug-likeness (QED) is 0.592. The molecular weight excluding hydrogens is 219 g/mol. The summed E-state index contributed by atoms with van der Waals surface area (Å²) in [4.78, 5) is 3.62. The molecule has 0 unspecified atom stereocenters. The van der Waals surface area contributed by atoms with Gasteiger partial charge in [0, 0.05) is 0 Å². The summed E-state index contributed by atoms with van der Waals surface area (Å²) in [7, 11) is 0. The molecule has 0 aromatic carbocycles. The first-order chi connectivity index (χ1) is 3.83. The van der Waals surface area contributed by atoms with E-state index in [1.165, 1.54) is 9.22 Å². The molecule has 0 N–H and O–H groups in total. The lowest BCUT2D eigenvalue weighted by Gasteiger charge is -1.71. The largest absolute Gasteiger partial charge is 0.252 e. The van der Waals surface area contributed by atoms with Crippen molar-refractivity contribution in [3.63, 3.8) is 0 Å². The van der Waals surface area contributed by atoms with Crippen LogP contribution in [-0.4, -0.2) is 13.0 Å². The SMILES string of the molecule is N#Cc1ncn(I)n1. The maximum Gasteiger partial charge on any atom is 0.252 e. The molecule has 1 aromatic heterocycles. The van der Waals surface area contributed by atoms with Crippen LogP contribution in [0, 0.1) is 11.3 Å². The van der Waals surface area contributed by atoms with Gasteiger partial charge in [-0.1, -0.05) is 0 Å². The van der Waals surface area contributed by atoms with Crippen molar-refractivity contribution in [2.24, 2.45) is 0 Å². The second kappa shape index (κ2) is 2.09. The van der Waals surface area contributed by atoms with Crippen LogP contribution >= 0.6 is 22.9 Å². The first kappa shape index (κ1) is 5.50. The second-order valence-corrected chi connectivity index (χ2v) is 2.06. The summed E-state index contributed by atoms with van der Waals surface area (Å²) < 4.78 is 1.45. The number of halogens is 1. The van der Waals surface area contributed by atoms with Crippen molar-refractivity contribution in [3.05, 3.63) is 12.2 Å². The Bertz CT molecular complexity index is 221. The zero-order chi connectivity index (χ0) is 5.98. The molecule has 5 heteroatoms. The van der Waals surface area contributed by atoms with E-state index in [4.69, 9.17) is 5.26 Å². The number of hydrogen-bond acceptors (Lipinski definition) is 3. The fourth-order valence-corrected chi connectivity index (χ4v) is 0.625. The standard InChI is InChI=1S/C3HIN4/c4-8-2-6-3(1-5)7-8/h2H. The predicted octanol–water partition coefficient (Wildman–Crippen LogP) is 0.348. The van der Waals surface area contributed by atoms with Gasteiger partial charge >= 0.3 is 0 Å². The third-order valence-electron chi connectivity index (χ3n) is 0.566. The molecule has 0 radical (unpaired) electrons. The van der Waals surface area contributed by atoms with Crippen LogP contribution in [0.3, 0.4) is 0 Å². The van der Waals surface area contributed by atoms with Crippen molar-refractivity contribution < 1.29 is 0 Å². The molecule has 0 bridgehead atoms. The van der Waals surface area contributed by atoms with Crippen molar-refractivity contribution in [2.75, 3.05) is 0 Å². The van der Waals surface area contributed by atoms with Crippen LogP contribution in [0.4, 0.5) is 0 Å². The van der Waals surface area contributed by atoms with Gasteiger partial charge < -0.3 is 0 Å². The van der Waals surface area contributed by atoms with Gasteiger partial charge in [0.1, 0.15) is 12.4 Å². The summed E-state index contributed by atoms with van der Waals surface area (Å²) in [6.07, 6.45) is 1.47. The van der Waals surface area contributed by atoms with Gasteiger partial charge in [-0.15, -0.1) is 5.10 Å². The van der Waals surface area contributed by atoms with E-state index < -0.39 is 0 Å². The Morgan fingerprint density at radius 3 is 2.88 bits per heavy atom. The van der Waals surface area contributed by atoms with Gasteiger partial charge in [0.05, 0.1) is 22.9 Å². The number of nitriles is 1. The number of nitrogens with zero attached hydrogens (tertiary/aromatic N) is 4. The predicted molar refractivity (Wildman–Crippen MR) is 34.2 cm³/mol. The van der Waals surface area contributed by atoms with Gasteiger partial charge in [0.15, 0.2) is 0 Å². The Labute approximate surface area is 59.6 Å². The highest BCUT2D eigenvalue weighted by Gasteiger charge is 1.91. The first-order valence-corrected chi connectivity index (χ1v) is 2.77. The minimum absolute atomic E-state index is 0.208. The van der Waals surface area contributed by atoms with Crippen LogP contribution in [0.1, 0.15) is 5.82 Å². The summed E-state index contributed by atoms with van der Waals surface area (Å²) >= 11 is 1.92. The molecule has 0 aliphatic rings. The van der Waals surface area contributed by atoms with E-state index in [1.807, 2.05) is 22.9 Å². The van der Waals surface area contributed by atoms with Gasteiger partial charge in [-0.25, -0.2) is 4.98 Å². The smallest absolute Gasteiger partial charge is 0.205 e. The third-order valence-corrected chi connectivity index (χ3v) is 1.03. The minimum Gasteiger partial charge on any atom is -0.205 e. The lowest BCUT2D eigenvalue weighted by atomic mass is 10.7. The van der Waals surface area contributed by atoms with Gasteiger partial charge in [-0.05, 0) is 0 Å². The van der Waals surface area contributed by atoms with Crippen molar-refractivity contribution in [1.29, 1.82) is 5.26 Å². The molecule has 0 aliphatic heterocycles. The fourth-order valence-electron chi connectivity index (χ4n) is 0.296. The van der Waals surface area contributed by atoms with E-state index in [-0.39, 0.29) is 5.82 Å². The molecule has 40 valence electrons. The average Bonchev–Trinajstić information content (AvgIpc) is 2.14. The average molecular weight is 220 g/mol. The van der Waals surface area contributed by atoms with E-state index in [1.54, 1.807) is 6.07 Å². The number of hydrogen-bond donors (Lipinski definition) is 0. The number of aromatic nitrogens is 3. The van der Waals surface area contributed by atoms with E-state index in [2.05, 4.69) is 10.1 Å². The van der Waals surface area contributed by atoms with E-state index >= 15 is 0 Å². The van der Waals surface area contributed by atoms with Crippen LogP contribution in [0.2, 0.25) is 0 Å². The fraction of sp³-hybridized carbons (Fsp3) is 0. The van der Waals surface area contributed by atoms with Gasteiger partial charge in [-0.3, -0.25) is 0 Å². The minimum atomic E-state index is 0.208. The summed E-state index contributed by atoms with van der Waals surface area (Å²) in [6, 6.07) is 1.80. The molecule has 4 nitrogen and oxygen atoms in total. The molecule has 1 rings (SSSR count). The molecule has 0 amide bonds. The van der Waals surface area contributed by atoms with Crippen molar-refractivity contribution in [3.8, 4) is 6.07 Å². The van der Waals surface area contributed by atoms with Gasteiger partial charge in [-0.2, -0.15) is 8.16 Å². The molecular formula is C3HIN4. The first-order valence-electron chi connectivity index (χ1n) is 1.81. The van der Waals surface area contributed by atoms with Gasteiger partial charge in [0.2, 0.25) is 0 Å². The highest BCUT2D eigenvalue weighted by atomic mass is 127. The van der Waals surface area contributed by atoms with Crippen molar-refractivity contribution in [1.82, 2.24) is 13.0 Å². The van der Waals surface area contributed by atoms with E-state index in [9.17, 15) is 0 Å². The molecule has 0 saturated carbocycles. The molecule has 0 aliphatic carbocycles. The Kier molecular flexibility index (Phi) is 1.43. The topological polar surface area (TPSA) is 54.5 Å². The zero-order valence-electron chi connectivity index (χ0n) is 3.74. The van der Waals surface area contributed by atoms with Crippen LogP contribution in [0.5, 0.6) is 0 Å². The van der Waals surface area contributed by atoms with Crippen LogP contribution < -0.4 is 0 Å². The lowest BCUT2D eigenvalue weighted by Crippen LogP contribution is -1.78. The lowest BCUT2D eigenvalue weighted by molar-refractivity contribution is 1.04. The van der Waals surface area contributed by atoms with E-state index in [0.717, 1.165) is 0 Å². The third kappa shape index (κ3) is 0.949. The molecule has 0 saturated heterocycles. The summed E-state index contributed by atoms with van der Waals surface area (Å²) in [6.45, 7) is 0. The summed E-state index contributed by atoms with van der Waals surface area (Å²) in [5, 5.41) is 11.8. The maximum absolute atomic E-state index is 8.16. The maximum atomic E-state index is 8.16. The zero-order valence-corrected chi connectivity index (χ0v) is 5.90. The van der Waals surface area contributed by atoms with Crippen LogP contribution in [0.25, 0.3) is 0 Å². The highest BCUT2D eigenvalue weighted by molar-refractivity contribution is 14.1. The Morgan fingerprint density at radius 1 is 1.88 bits per heavy atom. The van der Waals surface area contributed by atoms with Crippen LogP contribution in [0.15, 0.2) is 6.33 Å². The van der Waals surface area contributed by atoms with Crippen molar-refractivity contribution in [2.45, 2.75) is 0 Å². The summed E-state index contributed by atoms with van der Waals surface area (Å²) in [5.74, 6) is 0.208. The normalized spacial score (nSPS) is 8.50. The van der Waals surface area contributed by atoms with Crippen LogP contribution in [-0.2, 0) is 0 Å². The highest BCUT2D eigenvalue weighted by Crippen LogP contribution is 1.89. The summed E-state index contributed by atoms with van der Waals surface area (Å²) in [5.41, 5.74) is 0. The van der Waals surface area contributed by atoms with Gasteiger partial charge in [0.25, 0.3) is 5.82 Å². The molecule has 0 atom stereocenters. The molecule has 1 aromatic rings. The molecule has 8 heavy (non-hydrogen) atoms. The Hall–Kier alpha value is -0.640. The monoisotopic (exact) mass is 220 g/mol. The molecule has 1 heterocycles. The number of rotatable bonds is 0. The Balaban J connectivity index is 3.05. The van der Waals surface area contributed by atoms with E-state index in [0.29, 0.717) is 0 Å².